The molecule has 0 aliphatic rings. The number of aliphatic hydroxyl groups excluding tert-OH is 3. The molecule has 0 radical (unpaired) electrons. The van der Waals surface area contributed by atoms with Crippen LogP contribution in [0, 0.1) is 0 Å². The monoisotopic (exact) mass is 250 g/mol. The molecule has 0 aliphatic heterocycles. The zero-order valence-corrected chi connectivity index (χ0v) is 11.2. The second-order valence-corrected chi connectivity index (χ2v) is 5.15. The van der Waals surface area contributed by atoms with Crippen molar-refractivity contribution in [3.8, 4) is 0 Å². The molecule has 5 nitrogen and oxygen atoms in total. The summed E-state index contributed by atoms with van der Waals surface area (Å²) in [5, 5.41) is 27.6. The first-order valence-corrected chi connectivity index (χ1v) is 5.99. The van der Waals surface area contributed by atoms with Gasteiger partial charge in [-0.25, -0.2) is 0 Å². The summed E-state index contributed by atoms with van der Waals surface area (Å²) in [6.07, 6.45) is -0.973. The molecule has 0 saturated heterocycles. The standard InChI is InChI=1S/C12H26O5/c1-9(2)16-7-10(14)5-12(3,4)17-8-11(15)6-13/h9-11,13-15H,5-8H2,1-4H3. The van der Waals surface area contributed by atoms with E-state index in [9.17, 15) is 5.11 Å². The van der Waals surface area contributed by atoms with Crippen LogP contribution in [-0.2, 0) is 9.47 Å². The molecule has 0 aromatic heterocycles. The predicted octanol–water partition coefficient (Wildman–Crippen LogP) is 0.311. The van der Waals surface area contributed by atoms with Crippen molar-refractivity contribution in [3.63, 3.8) is 0 Å². The molecule has 0 heterocycles. The minimum Gasteiger partial charge on any atom is -0.394 e. The van der Waals surface area contributed by atoms with Gasteiger partial charge in [-0.1, -0.05) is 0 Å². The average Bonchev–Trinajstić information content (AvgIpc) is 2.22. The van der Waals surface area contributed by atoms with Gasteiger partial charge in [-0.3, -0.25) is 0 Å². The van der Waals surface area contributed by atoms with Gasteiger partial charge in [0.05, 0.1) is 37.6 Å². The minimum absolute atomic E-state index is 0.0568. The van der Waals surface area contributed by atoms with Crippen molar-refractivity contribution in [1.82, 2.24) is 0 Å². The summed E-state index contributed by atoms with van der Waals surface area (Å²) >= 11 is 0. The maximum absolute atomic E-state index is 9.74. The summed E-state index contributed by atoms with van der Waals surface area (Å²) in [7, 11) is 0. The predicted molar refractivity (Wildman–Crippen MR) is 64.8 cm³/mol. The fraction of sp³-hybridized carbons (Fsp3) is 1.00. The van der Waals surface area contributed by atoms with Crippen molar-refractivity contribution in [2.24, 2.45) is 0 Å². The summed E-state index contributed by atoms with van der Waals surface area (Å²) < 4.78 is 10.7. The third-order valence-corrected chi connectivity index (χ3v) is 2.23. The van der Waals surface area contributed by atoms with Gasteiger partial charge in [0, 0.05) is 6.42 Å². The highest BCUT2D eigenvalue weighted by Gasteiger charge is 2.24. The van der Waals surface area contributed by atoms with E-state index in [-0.39, 0.29) is 25.9 Å². The lowest BCUT2D eigenvalue weighted by atomic mass is 10.0. The first kappa shape index (κ1) is 16.8. The van der Waals surface area contributed by atoms with Crippen LogP contribution in [0.25, 0.3) is 0 Å². The lowest BCUT2D eigenvalue weighted by Crippen LogP contribution is -2.35. The maximum atomic E-state index is 9.74. The molecule has 5 heteroatoms. The van der Waals surface area contributed by atoms with Crippen molar-refractivity contribution >= 4 is 0 Å². The first-order valence-electron chi connectivity index (χ1n) is 5.99. The number of hydrogen-bond acceptors (Lipinski definition) is 5. The Morgan fingerprint density at radius 2 is 1.65 bits per heavy atom. The third kappa shape index (κ3) is 9.50. The summed E-state index contributed by atoms with van der Waals surface area (Å²) in [4.78, 5) is 0. The molecule has 0 rings (SSSR count). The molecule has 0 saturated carbocycles. The van der Waals surface area contributed by atoms with Gasteiger partial charge in [0.1, 0.15) is 6.10 Å². The number of hydrogen-bond donors (Lipinski definition) is 3. The average molecular weight is 250 g/mol. The molecule has 2 unspecified atom stereocenters. The van der Waals surface area contributed by atoms with E-state index >= 15 is 0 Å². The molecule has 0 bridgehead atoms. The summed E-state index contributed by atoms with van der Waals surface area (Å²) in [5.74, 6) is 0. The smallest absolute Gasteiger partial charge is 0.100 e. The third-order valence-electron chi connectivity index (χ3n) is 2.23. The Balaban J connectivity index is 3.89. The molecule has 0 amide bonds. The van der Waals surface area contributed by atoms with Crippen molar-refractivity contribution in [2.75, 3.05) is 19.8 Å². The molecule has 104 valence electrons. The SMILES string of the molecule is CC(C)OCC(O)CC(C)(C)OCC(O)CO. The van der Waals surface area contributed by atoms with Gasteiger partial charge in [-0.05, 0) is 27.7 Å². The van der Waals surface area contributed by atoms with E-state index in [1.165, 1.54) is 0 Å². The highest BCUT2D eigenvalue weighted by atomic mass is 16.5. The van der Waals surface area contributed by atoms with Gasteiger partial charge in [-0.15, -0.1) is 0 Å². The normalized spacial score (nSPS) is 16.2. The Hall–Kier alpha value is -0.200. The number of rotatable bonds is 9. The second kappa shape index (κ2) is 8.00. The van der Waals surface area contributed by atoms with E-state index in [0.717, 1.165) is 0 Å². The van der Waals surface area contributed by atoms with E-state index in [2.05, 4.69) is 0 Å². The Morgan fingerprint density at radius 3 is 2.12 bits per heavy atom. The van der Waals surface area contributed by atoms with Crippen LogP contribution < -0.4 is 0 Å². The number of aliphatic hydroxyl groups is 3. The van der Waals surface area contributed by atoms with E-state index in [4.69, 9.17) is 19.7 Å². The lowest BCUT2D eigenvalue weighted by Gasteiger charge is -2.29. The minimum atomic E-state index is -0.877. The van der Waals surface area contributed by atoms with Crippen LogP contribution in [-0.4, -0.2) is 59.1 Å². The van der Waals surface area contributed by atoms with Crippen LogP contribution in [0.2, 0.25) is 0 Å². The highest BCUT2D eigenvalue weighted by molar-refractivity contribution is 4.74. The summed E-state index contributed by atoms with van der Waals surface area (Å²) in [5.41, 5.74) is -0.560. The summed E-state index contributed by atoms with van der Waals surface area (Å²) in [6, 6.07) is 0. The molecule has 0 aromatic rings. The van der Waals surface area contributed by atoms with Crippen LogP contribution in [0.4, 0.5) is 0 Å². The fourth-order valence-electron chi connectivity index (χ4n) is 1.36. The summed E-state index contributed by atoms with van der Waals surface area (Å²) in [6.45, 7) is 7.48. The van der Waals surface area contributed by atoms with Crippen LogP contribution in [0.1, 0.15) is 34.1 Å². The van der Waals surface area contributed by atoms with E-state index < -0.39 is 17.8 Å². The van der Waals surface area contributed by atoms with E-state index in [0.29, 0.717) is 6.42 Å². The zero-order chi connectivity index (χ0) is 13.5. The lowest BCUT2D eigenvalue weighted by molar-refractivity contribution is -0.0989. The van der Waals surface area contributed by atoms with Gasteiger partial charge in [0.25, 0.3) is 0 Å². The Labute approximate surface area is 103 Å². The Kier molecular flexibility index (Phi) is 7.91. The zero-order valence-electron chi connectivity index (χ0n) is 11.2. The van der Waals surface area contributed by atoms with Crippen LogP contribution in [0.5, 0.6) is 0 Å². The van der Waals surface area contributed by atoms with Crippen molar-refractivity contribution in [1.29, 1.82) is 0 Å². The molecule has 17 heavy (non-hydrogen) atoms. The van der Waals surface area contributed by atoms with Crippen LogP contribution in [0.3, 0.4) is 0 Å². The Morgan fingerprint density at radius 1 is 1.06 bits per heavy atom. The highest BCUT2D eigenvalue weighted by Crippen LogP contribution is 2.17. The van der Waals surface area contributed by atoms with Gasteiger partial charge in [0.2, 0.25) is 0 Å². The van der Waals surface area contributed by atoms with Crippen molar-refractivity contribution in [2.45, 2.75) is 58.0 Å². The van der Waals surface area contributed by atoms with Gasteiger partial charge >= 0.3 is 0 Å². The van der Waals surface area contributed by atoms with Crippen molar-refractivity contribution in [3.05, 3.63) is 0 Å². The maximum Gasteiger partial charge on any atom is 0.100 e. The van der Waals surface area contributed by atoms with E-state index in [1.807, 2.05) is 27.7 Å². The molecule has 0 fully saturated rings. The topological polar surface area (TPSA) is 79.2 Å². The van der Waals surface area contributed by atoms with Crippen molar-refractivity contribution < 1.29 is 24.8 Å². The molecule has 0 aromatic carbocycles. The second-order valence-electron chi connectivity index (χ2n) is 5.15. The van der Waals surface area contributed by atoms with E-state index in [1.54, 1.807) is 0 Å². The van der Waals surface area contributed by atoms with Crippen LogP contribution >= 0.6 is 0 Å². The molecule has 3 N–H and O–H groups in total. The molecule has 0 spiro atoms. The molecular formula is C12H26O5. The number of ether oxygens (including phenoxy) is 2. The molecule has 0 aliphatic carbocycles. The molecule has 2 atom stereocenters. The fourth-order valence-corrected chi connectivity index (χ4v) is 1.36. The van der Waals surface area contributed by atoms with Gasteiger partial charge in [-0.2, -0.15) is 0 Å². The van der Waals surface area contributed by atoms with Crippen LogP contribution in [0.15, 0.2) is 0 Å². The van der Waals surface area contributed by atoms with Gasteiger partial charge < -0.3 is 24.8 Å². The van der Waals surface area contributed by atoms with Gasteiger partial charge in [0.15, 0.2) is 0 Å². The first-order chi connectivity index (χ1) is 7.76. The molecular weight excluding hydrogens is 224 g/mol. The Bertz CT molecular complexity index is 193. The largest absolute Gasteiger partial charge is 0.394 e. The quantitative estimate of drug-likeness (QED) is 0.549.